The molecule has 0 aromatic carbocycles. The molecular formula is C8H10BrNO4S2. The molecule has 90 valence electrons. The standard InChI is InChI=1S/C8H10BrNO4S2/c1-16(12,13)10-3-4-14-8(11)7-6(9)2-5-15-7/h2,5,10H,3-4H2,1H3. The highest BCUT2D eigenvalue weighted by Crippen LogP contribution is 2.23. The monoisotopic (exact) mass is 327 g/mol. The summed E-state index contributed by atoms with van der Waals surface area (Å²) in [5, 5.41) is 1.76. The third kappa shape index (κ3) is 4.60. The molecule has 8 heteroatoms. The summed E-state index contributed by atoms with van der Waals surface area (Å²) in [4.78, 5) is 11.9. The second-order valence-electron chi connectivity index (χ2n) is 2.90. The van der Waals surface area contributed by atoms with Crippen LogP contribution in [0.2, 0.25) is 0 Å². The molecular weight excluding hydrogens is 318 g/mol. The van der Waals surface area contributed by atoms with Crippen molar-refractivity contribution in [3.63, 3.8) is 0 Å². The number of hydrogen-bond donors (Lipinski definition) is 1. The van der Waals surface area contributed by atoms with Crippen LogP contribution in [0, 0.1) is 0 Å². The third-order valence-corrected chi connectivity index (χ3v) is 4.05. The van der Waals surface area contributed by atoms with Gasteiger partial charge < -0.3 is 4.74 Å². The molecule has 0 fully saturated rings. The van der Waals surface area contributed by atoms with E-state index in [4.69, 9.17) is 4.74 Å². The first kappa shape index (κ1) is 13.6. The molecule has 1 rings (SSSR count). The molecule has 0 unspecified atom stereocenters. The summed E-state index contributed by atoms with van der Waals surface area (Å²) in [5.41, 5.74) is 0. The lowest BCUT2D eigenvalue weighted by Crippen LogP contribution is -2.26. The zero-order chi connectivity index (χ0) is 12.2. The molecule has 16 heavy (non-hydrogen) atoms. The lowest BCUT2D eigenvalue weighted by atomic mass is 10.5. The molecule has 0 atom stereocenters. The Morgan fingerprint density at radius 2 is 2.31 bits per heavy atom. The zero-order valence-corrected chi connectivity index (χ0v) is 11.6. The van der Waals surface area contributed by atoms with Crippen LogP contribution in [0.15, 0.2) is 15.9 Å². The van der Waals surface area contributed by atoms with E-state index < -0.39 is 16.0 Å². The van der Waals surface area contributed by atoms with Crippen LogP contribution in [0.25, 0.3) is 0 Å². The van der Waals surface area contributed by atoms with Gasteiger partial charge in [0.05, 0.1) is 6.26 Å². The van der Waals surface area contributed by atoms with Gasteiger partial charge in [0.2, 0.25) is 10.0 Å². The van der Waals surface area contributed by atoms with E-state index in [-0.39, 0.29) is 13.2 Å². The summed E-state index contributed by atoms with van der Waals surface area (Å²) in [6, 6.07) is 1.75. The van der Waals surface area contributed by atoms with E-state index in [1.807, 2.05) is 0 Å². The molecule has 1 aromatic heterocycles. The number of ether oxygens (including phenoxy) is 1. The third-order valence-electron chi connectivity index (χ3n) is 1.50. The lowest BCUT2D eigenvalue weighted by Gasteiger charge is -2.04. The fraction of sp³-hybridized carbons (Fsp3) is 0.375. The minimum atomic E-state index is -3.23. The van der Waals surface area contributed by atoms with E-state index in [1.165, 1.54) is 11.3 Å². The summed E-state index contributed by atoms with van der Waals surface area (Å²) < 4.78 is 29.2. The Bertz CT molecular complexity index is 468. The number of carbonyl (C=O) groups is 1. The topological polar surface area (TPSA) is 72.5 Å². The van der Waals surface area contributed by atoms with Crippen LogP contribution in [-0.2, 0) is 14.8 Å². The molecule has 0 spiro atoms. The first-order valence-electron chi connectivity index (χ1n) is 4.25. The summed E-state index contributed by atoms with van der Waals surface area (Å²) in [6.45, 7) is 0.0871. The first-order chi connectivity index (χ1) is 7.40. The van der Waals surface area contributed by atoms with E-state index in [9.17, 15) is 13.2 Å². The molecule has 5 nitrogen and oxygen atoms in total. The first-order valence-corrected chi connectivity index (χ1v) is 7.81. The molecule has 0 saturated heterocycles. The molecule has 0 bridgehead atoms. The minimum absolute atomic E-state index is 0.0102. The summed E-state index contributed by atoms with van der Waals surface area (Å²) in [5.74, 6) is -0.461. The lowest BCUT2D eigenvalue weighted by molar-refractivity contribution is 0.0518. The number of sulfonamides is 1. The summed E-state index contributed by atoms with van der Waals surface area (Å²) >= 11 is 4.47. The maximum Gasteiger partial charge on any atom is 0.349 e. The number of hydrogen-bond acceptors (Lipinski definition) is 5. The molecule has 0 aliphatic heterocycles. The molecule has 1 heterocycles. The quantitative estimate of drug-likeness (QED) is 0.652. The van der Waals surface area contributed by atoms with Gasteiger partial charge in [0.15, 0.2) is 0 Å². The van der Waals surface area contributed by atoms with E-state index in [0.717, 1.165) is 6.26 Å². The van der Waals surface area contributed by atoms with Crippen LogP contribution in [0.4, 0.5) is 0 Å². The molecule has 0 aliphatic rings. The number of thiophene rings is 1. The molecule has 0 saturated carbocycles. The van der Waals surface area contributed by atoms with Crippen molar-refractivity contribution in [3.8, 4) is 0 Å². The molecule has 1 N–H and O–H groups in total. The van der Waals surface area contributed by atoms with Gasteiger partial charge in [-0.25, -0.2) is 17.9 Å². The van der Waals surface area contributed by atoms with Crippen LogP contribution in [0.3, 0.4) is 0 Å². The number of nitrogens with one attached hydrogen (secondary N) is 1. The normalized spacial score (nSPS) is 11.4. The maximum atomic E-state index is 11.4. The Morgan fingerprint density at radius 1 is 1.62 bits per heavy atom. The van der Waals surface area contributed by atoms with Crippen molar-refractivity contribution in [2.75, 3.05) is 19.4 Å². The van der Waals surface area contributed by atoms with Gasteiger partial charge in [-0.3, -0.25) is 0 Å². The van der Waals surface area contributed by atoms with Gasteiger partial charge in [-0.2, -0.15) is 0 Å². The Hall–Kier alpha value is -0.440. The van der Waals surface area contributed by atoms with E-state index >= 15 is 0 Å². The van der Waals surface area contributed by atoms with Crippen LogP contribution < -0.4 is 4.72 Å². The number of halogens is 1. The van der Waals surface area contributed by atoms with Crippen LogP contribution in [0.1, 0.15) is 9.67 Å². The van der Waals surface area contributed by atoms with Gasteiger partial charge in [-0.05, 0) is 27.4 Å². The van der Waals surface area contributed by atoms with Gasteiger partial charge in [0.25, 0.3) is 0 Å². The van der Waals surface area contributed by atoms with Gasteiger partial charge >= 0.3 is 5.97 Å². The van der Waals surface area contributed by atoms with Crippen LogP contribution in [-0.4, -0.2) is 33.8 Å². The molecule has 0 aliphatic carbocycles. The Kier molecular flexibility index (Phi) is 4.90. The molecule has 1 aromatic rings. The van der Waals surface area contributed by atoms with Crippen LogP contribution >= 0.6 is 27.3 Å². The summed E-state index contributed by atoms with van der Waals surface area (Å²) in [7, 11) is -3.23. The van der Waals surface area contributed by atoms with Crippen molar-refractivity contribution in [2.45, 2.75) is 0 Å². The second kappa shape index (κ2) is 5.76. The molecule has 0 radical (unpaired) electrons. The van der Waals surface area contributed by atoms with Crippen molar-refractivity contribution < 1.29 is 17.9 Å². The Balaban J connectivity index is 2.35. The summed E-state index contributed by atoms with van der Waals surface area (Å²) in [6.07, 6.45) is 1.05. The van der Waals surface area contributed by atoms with Gasteiger partial charge in [-0.1, -0.05) is 0 Å². The highest BCUT2D eigenvalue weighted by molar-refractivity contribution is 9.10. The maximum absolute atomic E-state index is 11.4. The Labute approximate surface area is 106 Å². The smallest absolute Gasteiger partial charge is 0.349 e. The fourth-order valence-electron chi connectivity index (χ4n) is 0.876. The highest BCUT2D eigenvalue weighted by atomic mass is 79.9. The fourth-order valence-corrected chi connectivity index (χ4v) is 2.76. The Morgan fingerprint density at radius 3 is 2.81 bits per heavy atom. The van der Waals surface area contributed by atoms with E-state index in [1.54, 1.807) is 11.4 Å². The van der Waals surface area contributed by atoms with Gasteiger partial charge in [-0.15, -0.1) is 11.3 Å². The highest BCUT2D eigenvalue weighted by Gasteiger charge is 2.12. The largest absolute Gasteiger partial charge is 0.460 e. The van der Waals surface area contributed by atoms with Crippen molar-refractivity contribution in [3.05, 3.63) is 20.8 Å². The van der Waals surface area contributed by atoms with Crippen LogP contribution in [0.5, 0.6) is 0 Å². The minimum Gasteiger partial charge on any atom is -0.460 e. The SMILES string of the molecule is CS(=O)(=O)NCCOC(=O)c1sccc1Br. The molecule has 0 amide bonds. The predicted octanol–water partition coefficient (Wildman–Crippen LogP) is 1.22. The number of esters is 1. The number of rotatable bonds is 5. The average Bonchev–Trinajstić information content (AvgIpc) is 2.57. The van der Waals surface area contributed by atoms with Crippen molar-refractivity contribution in [2.24, 2.45) is 0 Å². The van der Waals surface area contributed by atoms with Crippen molar-refractivity contribution >= 4 is 43.3 Å². The van der Waals surface area contributed by atoms with Crippen molar-refractivity contribution in [1.82, 2.24) is 4.72 Å². The van der Waals surface area contributed by atoms with E-state index in [2.05, 4.69) is 20.7 Å². The predicted molar refractivity (Wildman–Crippen MR) is 65.1 cm³/mol. The second-order valence-corrected chi connectivity index (χ2v) is 6.50. The average molecular weight is 328 g/mol. The number of carbonyl (C=O) groups excluding carboxylic acids is 1. The van der Waals surface area contributed by atoms with E-state index in [0.29, 0.717) is 9.35 Å². The van der Waals surface area contributed by atoms with Gasteiger partial charge in [0, 0.05) is 11.0 Å². The van der Waals surface area contributed by atoms with Gasteiger partial charge in [0.1, 0.15) is 11.5 Å². The zero-order valence-electron chi connectivity index (χ0n) is 8.40. The van der Waals surface area contributed by atoms with Crippen molar-refractivity contribution in [1.29, 1.82) is 0 Å².